The normalized spacial score (nSPS) is 14.1. The summed E-state index contributed by atoms with van der Waals surface area (Å²) in [5, 5.41) is 3.92. The van der Waals surface area contributed by atoms with Crippen molar-refractivity contribution in [3.8, 4) is 0 Å². The van der Waals surface area contributed by atoms with Gasteiger partial charge in [0.15, 0.2) is 0 Å². The standard InChI is InChI=1S/C6H9N3OS/c1-9-5-6(3-7-9)4-8-11(2)10/h3-5H,1-2H3. The molecule has 0 N–H and O–H groups in total. The lowest BCUT2D eigenvalue weighted by atomic mass is 10.4. The first-order valence-electron chi connectivity index (χ1n) is 3.05. The van der Waals surface area contributed by atoms with Crippen LogP contribution in [0, 0.1) is 0 Å². The van der Waals surface area contributed by atoms with E-state index in [4.69, 9.17) is 0 Å². The Kier molecular flexibility index (Phi) is 2.67. The Morgan fingerprint density at radius 2 is 2.55 bits per heavy atom. The van der Waals surface area contributed by atoms with Crippen LogP contribution in [0.2, 0.25) is 0 Å². The highest BCUT2D eigenvalue weighted by molar-refractivity contribution is 7.89. The van der Waals surface area contributed by atoms with Crippen molar-refractivity contribution < 1.29 is 4.55 Å². The van der Waals surface area contributed by atoms with E-state index >= 15 is 0 Å². The van der Waals surface area contributed by atoms with Gasteiger partial charge in [-0.3, -0.25) is 4.68 Å². The molecule has 1 heterocycles. The van der Waals surface area contributed by atoms with Gasteiger partial charge in [0.1, 0.15) is 6.26 Å². The third-order valence-electron chi connectivity index (χ3n) is 1.08. The van der Waals surface area contributed by atoms with Crippen LogP contribution in [0.3, 0.4) is 0 Å². The fraction of sp³-hybridized carbons (Fsp3) is 0.333. The van der Waals surface area contributed by atoms with Gasteiger partial charge in [-0.2, -0.15) is 5.10 Å². The van der Waals surface area contributed by atoms with E-state index in [2.05, 4.69) is 9.50 Å². The molecule has 0 fully saturated rings. The van der Waals surface area contributed by atoms with Gasteiger partial charge in [0.05, 0.1) is 23.8 Å². The summed E-state index contributed by atoms with van der Waals surface area (Å²) in [4.78, 5) is 0. The Hall–Kier alpha value is -0.810. The third kappa shape index (κ3) is 2.73. The molecule has 1 atom stereocenters. The van der Waals surface area contributed by atoms with Crippen LogP contribution < -0.4 is 0 Å². The van der Waals surface area contributed by atoms with Gasteiger partial charge >= 0.3 is 0 Å². The van der Waals surface area contributed by atoms with Gasteiger partial charge in [-0.05, 0) is 0 Å². The SMILES string of the molecule is Cn1cc(C=N[S+](C)[O-])cn1. The van der Waals surface area contributed by atoms with Crippen LogP contribution in [0.15, 0.2) is 16.8 Å². The molecule has 0 aliphatic heterocycles. The van der Waals surface area contributed by atoms with Crippen molar-refractivity contribution in [1.82, 2.24) is 9.78 Å². The van der Waals surface area contributed by atoms with E-state index in [9.17, 15) is 4.55 Å². The molecule has 0 spiro atoms. The van der Waals surface area contributed by atoms with Crippen LogP contribution in [0.1, 0.15) is 5.56 Å². The maximum Gasteiger partial charge on any atom is 0.123 e. The number of hydrogen-bond donors (Lipinski definition) is 0. The molecule has 5 heteroatoms. The van der Waals surface area contributed by atoms with Crippen molar-refractivity contribution in [1.29, 1.82) is 0 Å². The van der Waals surface area contributed by atoms with Crippen LogP contribution in [0.25, 0.3) is 0 Å². The van der Waals surface area contributed by atoms with E-state index < -0.39 is 11.4 Å². The lowest BCUT2D eigenvalue weighted by molar-refractivity contribution is 0.603. The summed E-state index contributed by atoms with van der Waals surface area (Å²) in [7, 11) is 1.82. The Bertz CT molecular complexity index is 256. The molecule has 0 saturated carbocycles. The monoisotopic (exact) mass is 171 g/mol. The number of rotatable bonds is 2. The van der Waals surface area contributed by atoms with E-state index in [1.165, 1.54) is 6.26 Å². The molecule has 0 aliphatic rings. The molecule has 4 nitrogen and oxygen atoms in total. The van der Waals surface area contributed by atoms with Gasteiger partial charge in [0.2, 0.25) is 0 Å². The van der Waals surface area contributed by atoms with Gasteiger partial charge in [0.25, 0.3) is 0 Å². The highest BCUT2D eigenvalue weighted by Crippen LogP contribution is 1.92. The molecule has 0 aromatic carbocycles. The summed E-state index contributed by atoms with van der Waals surface area (Å²) in [5.74, 6) is 0. The molecule has 0 amide bonds. The molecule has 0 aliphatic carbocycles. The van der Waals surface area contributed by atoms with Crippen LogP contribution >= 0.6 is 0 Å². The fourth-order valence-corrected chi connectivity index (χ4v) is 0.912. The minimum atomic E-state index is -1.12. The van der Waals surface area contributed by atoms with E-state index in [0.29, 0.717) is 0 Å². The molecule has 11 heavy (non-hydrogen) atoms. The molecule has 1 unspecified atom stereocenters. The average Bonchev–Trinajstić information content (AvgIpc) is 2.31. The molecular formula is C6H9N3OS. The number of hydrogen-bond acceptors (Lipinski definition) is 3. The van der Waals surface area contributed by atoms with Gasteiger partial charge in [0, 0.05) is 18.8 Å². The second kappa shape index (κ2) is 3.54. The molecule has 0 radical (unpaired) electrons. The Morgan fingerprint density at radius 1 is 1.82 bits per heavy atom. The molecular weight excluding hydrogens is 162 g/mol. The molecule has 0 saturated heterocycles. The topological polar surface area (TPSA) is 53.2 Å². The zero-order valence-corrected chi connectivity index (χ0v) is 7.21. The second-order valence-corrected chi connectivity index (χ2v) is 3.16. The fourth-order valence-electron chi connectivity index (χ4n) is 0.642. The number of aryl methyl sites for hydroxylation is 1. The smallest absolute Gasteiger partial charge is 0.123 e. The molecule has 60 valence electrons. The predicted octanol–water partition coefficient (Wildman–Crippen LogP) is 0.133. The highest BCUT2D eigenvalue weighted by Gasteiger charge is 1.93. The second-order valence-electron chi connectivity index (χ2n) is 2.11. The van der Waals surface area contributed by atoms with Crippen LogP contribution in [0.5, 0.6) is 0 Å². The molecule has 1 aromatic heterocycles. The maximum absolute atomic E-state index is 10.5. The summed E-state index contributed by atoms with van der Waals surface area (Å²) < 4.78 is 15.9. The van der Waals surface area contributed by atoms with E-state index in [1.54, 1.807) is 23.3 Å². The summed E-state index contributed by atoms with van der Waals surface area (Å²) >= 11 is -1.12. The first-order chi connectivity index (χ1) is 5.18. The van der Waals surface area contributed by atoms with E-state index in [1.807, 2.05) is 7.05 Å². The van der Waals surface area contributed by atoms with Crippen molar-refractivity contribution in [3.05, 3.63) is 18.0 Å². The summed E-state index contributed by atoms with van der Waals surface area (Å²) in [6.45, 7) is 0. The Labute approximate surface area is 68.3 Å². The summed E-state index contributed by atoms with van der Waals surface area (Å²) in [6.07, 6.45) is 6.53. The third-order valence-corrected chi connectivity index (χ3v) is 1.48. The van der Waals surface area contributed by atoms with Crippen molar-refractivity contribution >= 4 is 17.6 Å². The maximum atomic E-state index is 10.5. The van der Waals surface area contributed by atoms with Crippen molar-refractivity contribution in [3.63, 3.8) is 0 Å². The highest BCUT2D eigenvalue weighted by atomic mass is 32.2. The molecule has 1 rings (SSSR count). The Balaban J connectivity index is 2.64. The largest absolute Gasteiger partial charge is 0.592 e. The summed E-state index contributed by atoms with van der Waals surface area (Å²) in [5.41, 5.74) is 0.864. The zero-order valence-electron chi connectivity index (χ0n) is 6.39. The van der Waals surface area contributed by atoms with E-state index in [-0.39, 0.29) is 0 Å². The number of aromatic nitrogens is 2. The first-order valence-corrected chi connectivity index (χ1v) is 4.56. The van der Waals surface area contributed by atoms with Gasteiger partial charge in [-0.15, -0.1) is 0 Å². The van der Waals surface area contributed by atoms with Crippen LogP contribution in [0.4, 0.5) is 0 Å². The van der Waals surface area contributed by atoms with Crippen molar-refractivity contribution in [2.45, 2.75) is 0 Å². The van der Waals surface area contributed by atoms with Crippen molar-refractivity contribution in [2.75, 3.05) is 6.26 Å². The minimum Gasteiger partial charge on any atom is -0.592 e. The molecule has 1 aromatic rings. The van der Waals surface area contributed by atoms with E-state index in [0.717, 1.165) is 5.56 Å². The quantitative estimate of drug-likeness (QED) is 0.469. The van der Waals surface area contributed by atoms with Crippen molar-refractivity contribution in [2.24, 2.45) is 11.4 Å². The predicted molar refractivity (Wildman–Crippen MR) is 44.9 cm³/mol. The van der Waals surface area contributed by atoms with Gasteiger partial charge in [-0.1, -0.05) is 4.40 Å². The van der Waals surface area contributed by atoms with Crippen LogP contribution in [-0.2, 0) is 18.4 Å². The van der Waals surface area contributed by atoms with Crippen LogP contribution in [-0.4, -0.2) is 26.8 Å². The average molecular weight is 171 g/mol. The van der Waals surface area contributed by atoms with Gasteiger partial charge < -0.3 is 4.55 Å². The lowest BCUT2D eigenvalue weighted by Crippen LogP contribution is -1.90. The van der Waals surface area contributed by atoms with Gasteiger partial charge in [-0.25, -0.2) is 0 Å². The first kappa shape index (κ1) is 8.29. The lowest BCUT2D eigenvalue weighted by Gasteiger charge is -1.90. The Morgan fingerprint density at radius 3 is 3.00 bits per heavy atom. The minimum absolute atomic E-state index is 0.864. The number of nitrogens with zero attached hydrogens (tertiary/aromatic N) is 3. The molecule has 0 bridgehead atoms. The summed E-state index contributed by atoms with van der Waals surface area (Å²) in [6, 6.07) is 0. The zero-order chi connectivity index (χ0) is 8.27.